The van der Waals surface area contributed by atoms with Crippen molar-refractivity contribution >= 4 is 0 Å². The topological polar surface area (TPSA) is 20.2 Å². The Morgan fingerprint density at radius 1 is 1.31 bits per heavy atom. The summed E-state index contributed by atoms with van der Waals surface area (Å²) in [5.41, 5.74) is -0.209. The maximum atomic E-state index is 12.9. The van der Waals surface area contributed by atoms with E-state index in [1.807, 2.05) is 13.8 Å². The lowest BCUT2D eigenvalue weighted by atomic mass is 9.89. The largest absolute Gasteiger partial charge is 0.385 e. The zero-order chi connectivity index (χ0) is 9.90. The molecule has 0 aliphatic carbocycles. The zero-order valence-corrected chi connectivity index (χ0v) is 8.05. The van der Waals surface area contributed by atoms with Crippen LogP contribution in [0.3, 0.4) is 0 Å². The van der Waals surface area contributed by atoms with Gasteiger partial charge in [0.2, 0.25) is 0 Å². The van der Waals surface area contributed by atoms with E-state index in [0.29, 0.717) is 18.4 Å². The Labute approximate surface area is 78.2 Å². The fourth-order valence-electron chi connectivity index (χ4n) is 1.44. The van der Waals surface area contributed by atoms with Crippen molar-refractivity contribution in [3.05, 3.63) is 35.6 Å². The Kier molecular flexibility index (Phi) is 3.04. The molecule has 1 nitrogen and oxygen atoms in total. The van der Waals surface area contributed by atoms with E-state index in [0.717, 1.165) is 0 Å². The average Bonchev–Trinajstić information content (AvgIpc) is 2.17. The molecular formula is C11H15FO. The van der Waals surface area contributed by atoms with Crippen LogP contribution in [-0.2, 0) is 5.60 Å². The molecule has 13 heavy (non-hydrogen) atoms. The third kappa shape index (κ3) is 2.07. The van der Waals surface area contributed by atoms with Gasteiger partial charge in [-0.05, 0) is 30.5 Å². The first-order chi connectivity index (χ1) is 6.12. The molecule has 0 spiro atoms. The average molecular weight is 182 g/mol. The van der Waals surface area contributed by atoms with Crippen LogP contribution in [0.4, 0.5) is 4.39 Å². The lowest BCUT2D eigenvalue weighted by Gasteiger charge is -2.25. The second kappa shape index (κ2) is 3.88. The third-order valence-electron chi connectivity index (χ3n) is 2.53. The van der Waals surface area contributed by atoms with Gasteiger partial charge in [0.15, 0.2) is 0 Å². The summed E-state index contributed by atoms with van der Waals surface area (Å²) in [5, 5.41) is 10.1. The molecule has 1 rings (SSSR count). The summed E-state index contributed by atoms with van der Waals surface area (Å²) >= 11 is 0. The van der Waals surface area contributed by atoms with Gasteiger partial charge in [-0.1, -0.05) is 26.0 Å². The molecule has 0 radical (unpaired) electrons. The van der Waals surface area contributed by atoms with Gasteiger partial charge in [0, 0.05) is 0 Å². The van der Waals surface area contributed by atoms with Crippen LogP contribution in [-0.4, -0.2) is 5.11 Å². The molecule has 0 fully saturated rings. The van der Waals surface area contributed by atoms with Crippen LogP contribution in [0.15, 0.2) is 24.3 Å². The predicted molar refractivity (Wildman–Crippen MR) is 50.9 cm³/mol. The maximum Gasteiger partial charge on any atom is 0.123 e. The second-order valence-corrected chi connectivity index (χ2v) is 3.25. The standard InChI is InChI=1S/C11H15FO/c1-3-11(13,4-2)9-6-5-7-10(12)8-9/h5-8,13H,3-4H2,1-2H3. The van der Waals surface area contributed by atoms with Crippen LogP contribution < -0.4 is 0 Å². The Hall–Kier alpha value is -0.890. The Bertz CT molecular complexity index is 279. The van der Waals surface area contributed by atoms with Crippen molar-refractivity contribution in [3.8, 4) is 0 Å². The molecule has 0 unspecified atom stereocenters. The fourth-order valence-corrected chi connectivity index (χ4v) is 1.44. The maximum absolute atomic E-state index is 12.9. The van der Waals surface area contributed by atoms with Crippen LogP contribution in [0.1, 0.15) is 32.3 Å². The van der Waals surface area contributed by atoms with Gasteiger partial charge >= 0.3 is 0 Å². The second-order valence-electron chi connectivity index (χ2n) is 3.25. The van der Waals surface area contributed by atoms with Gasteiger partial charge in [0.1, 0.15) is 5.82 Å². The quantitative estimate of drug-likeness (QED) is 0.762. The molecule has 0 saturated heterocycles. The molecule has 1 aromatic carbocycles. The van der Waals surface area contributed by atoms with E-state index in [4.69, 9.17) is 0 Å². The Morgan fingerprint density at radius 3 is 2.38 bits per heavy atom. The van der Waals surface area contributed by atoms with E-state index in [-0.39, 0.29) is 5.82 Å². The number of benzene rings is 1. The lowest BCUT2D eigenvalue weighted by Crippen LogP contribution is -2.23. The zero-order valence-electron chi connectivity index (χ0n) is 8.05. The van der Waals surface area contributed by atoms with Crippen molar-refractivity contribution in [1.82, 2.24) is 0 Å². The molecule has 1 N–H and O–H groups in total. The predicted octanol–water partition coefficient (Wildman–Crippen LogP) is 2.83. The van der Waals surface area contributed by atoms with Crippen molar-refractivity contribution < 1.29 is 9.50 Å². The van der Waals surface area contributed by atoms with E-state index in [9.17, 15) is 9.50 Å². The van der Waals surface area contributed by atoms with E-state index in [1.165, 1.54) is 12.1 Å². The summed E-state index contributed by atoms with van der Waals surface area (Å²) in [6, 6.07) is 6.17. The minimum absolute atomic E-state index is 0.294. The summed E-state index contributed by atoms with van der Waals surface area (Å²) in [6.07, 6.45) is 1.21. The molecule has 0 aliphatic rings. The van der Waals surface area contributed by atoms with Crippen molar-refractivity contribution in [3.63, 3.8) is 0 Å². The van der Waals surface area contributed by atoms with Gasteiger partial charge in [-0.15, -0.1) is 0 Å². The van der Waals surface area contributed by atoms with Gasteiger partial charge in [0.25, 0.3) is 0 Å². The van der Waals surface area contributed by atoms with Crippen molar-refractivity contribution in [2.24, 2.45) is 0 Å². The van der Waals surface area contributed by atoms with Gasteiger partial charge in [0.05, 0.1) is 5.60 Å². The van der Waals surface area contributed by atoms with Crippen LogP contribution in [0, 0.1) is 5.82 Å². The van der Waals surface area contributed by atoms with Gasteiger partial charge < -0.3 is 5.11 Å². The first-order valence-corrected chi connectivity index (χ1v) is 4.61. The summed E-state index contributed by atoms with van der Waals surface area (Å²) < 4.78 is 12.9. The molecule has 0 heterocycles. The SMILES string of the molecule is CCC(O)(CC)c1cccc(F)c1. The molecule has 0 aromatic heterocycles. The summed E-state index contributed by atoms with van der Waals surface area (Å²) in [6.45, 7) is 3.79. The highest BCUT2D eigenvalue weighted by atomic mass is 19.1. The molecule has 0 amide bonds. The number of aliphatic hydroxyl groups is 1. The highest BCUT2D eigenvalue weighted by Crippen LogP contribution is 2.28. The molecule has 0 aliphatic heterocycles. The van der Waals surface area contributed by atoms with E-state index < -0.39 is 5.60 Å². The molecule has 1 aromatic rings. The van der Waals surface area contributed by atoms with E-state index in [1.54, 1.807) is 12.1 Å². The number of halogens is 1. The van der Waals surface area contributed by atoms with Gasteiger partial charge in [-0.2, -0.15) is 0 Å². The van der Waals surface area contributed by atoms with E-state index >= 15 is 0 Å². The van der Waals surface area contributed by atoms with E-state index in [2.05, 4.69) is 0 Å². The lowest BCUT2D eigenvalue weighted by molar-refractivity contribution is 0.0281. The number of rotatable bonds is 3. The number of hydrogen-bond acceptors (Lipinski definition) is 1. The monoisotopic (exact) mass is 182 g/mol. The minimum Gasteiger partial charge on any atom is -0.385 e. The summed E-state index contributed by atoms with van der Waals surface area (Å²) in [7, 11) is 0. The molecule has 0 saturated carbocycles. The van der Waals surface area contributed by atoms with Crippen LogP contribution >= 0.6 is 0 Å². The fraction of sp³-hybridized carbons (Fsp3) is 0.455. The Balaban J connectivity index is 3.05. The Morgan fingerprint density at radius 2 is 1.92 bits per heavy atom. The smallest absolute Gasteiger partial charge is 0.123 e. The van der Waals surface area contributed by atoms with Crippen LogP contribution in [0.2, 0.25) is 0 Å². The molecule has 2 heteroatoms. The van der Waals surface area contributed by atoms with Crippen molar-refractivity contribution in [1.29, 1.82) is 0 Å². The summed E-state index contributed by atoms with van der Waals surface area (Å²) in [4.78, 5) is 0. The molecule has 0 bridgehead atoms. The highest BCUT2D eigenvalue weighted by molar-refractivity contribution is 5.22. The molecule has 72 valence electrons. The first kappa shape index (κ1) is 10.2. The third-order valence-corrected chi connectivity index (χ3v) is 2.53. The summed E-state index contributed by atoms with van der Waals surface area (Å²) in [5.74, 6) is -0.294. The number of hydrogen-bond donors (Lipinski definition) is 1. The minimum atomic E-state index is -0.873. The van der Waals surface area contributed by atoms with Crippen molar-refractivity contribution in [2.45, 2.75) is 32.3 Å². The van der Waals surface area contributed by atoms with Gasteiger partial charge in [-0.25, -0.2) is 4.39 Å². The van der Waals surface area contributed by atoms with Crippen LogP contribution in [0.5, 0.6) is 0 Å². The normalized spacial score (nSPS) is 11.7. The van der Waals surface area contributed by atoms with Crippen LogP contribution in [0.25, 0.3) is 0 Å². The molecule has 0 atom stereocenters. The highest BCUT2D eigenvalue weighted by Gasteiger charge is 2.24. The molecular weight excluding hydrogens is 167 g/mol. The first-order valence-electron chi connectivity index (χ1n) is 4.61. The van der Waals surface area contributed by atoms with Gasteiger partial charge in [-0.3, -0.25) is 0 Å². The van der Waals surface area contributed by atoms with Crippen molar-refractivity contribution in [2.75, 3.05) is 0 Å².